The van der Waals surface area contributed by atoms with Gasteiger partial charge in [-0.1, -0.05) is 6.07 Å². The second-order valence-electron chi connectivity index (χ2n) is 7.47. The molecule has 2 rings (SSSR count). The van der Waals surface area contributed by atoms with E-state index in [0.717, 1.165) is 3.57 Å². The van der Waals surface area contributed by atoms with Crippen molar-refractivity contribution in [3.63, 3.8) is 0 Å². The lowest BCUT2D eigenvalue weighted by atomic mass is 10.1. The van der Waals surface area contributed by atoms with E-state index in [2.05, 4.69) is 38.5 Å². The van der Waals surface area contributed by atoms with Crippen molar-refractivity contribution in [3.05, 3.63) is 57.2 Å². The fraction of sp³-hybridized carbons (Fsp3) is 0.304. The molecule has 0 bridgehead atoms. The van der Waals surface area contributed by atoms with Gasteiger partial charge in [0.15, 0.2) is 17.5 Å². The molecular formula is C23H26IN3O8. The molecular weight excluding hydrogens is 573 g/mol. The summed E-state index contributed by atoms with van der Waals surface area (Å²) in [6.45, 7) is 0.327. The van der Waals surface area contributed by atoms with Gasteiger partial charge in [-0.2, -0.15) is 0 Å². The van der Waals surface area contributed by atoms with Crippen molar-refractivity contribution in [2.24, 2.45) is 0 Å². The number of phenolic OH excluding ortho intramolecular Hbond substituents is 1. The Morgan fingerprint density at radius 2 is 1.66 bits per heavy atom. The number of urea groups is 1. The number of ether oxygens (including phenoxy) is 1. The van der Waals surface area contributed by atoms with Crippen molar-refractivity contribution in [1.29, 1.82) is 0 Å². The van der Waals surface area contributed by atoms with Crippen LogP contribution in [0.15, 0.2) is 42.5 Å². The Labute approximate surface area is 215 Å². The Kier molecular flexibility index (Phi) is 10.6. The maximum absolute atomic E-state index is 12.3. The highest BCUT2D eigenvalue weighted by Crippen LogP contribution is 2.29. The SMILES string of the molecule is COc1cc(C(NC(=O)N[C@@H](CCCCNC(=O)c2ccc(I)cc2)C(=O)O)C(=O)O)ccc1O. The molecule has 12 heteroatoms. The molecule has 3 amide bonds. The lowest BCUT2D eigenvalue weighted by Gasteiger charge is -2.19. The molecule has 0 aliphatic carbocycles. The first-order valence-electron chi connectivity index (χ1n) is 10.6. The molecule has 0 heterocycles. The van der Waals surface area contributed by atoms with Crippen LogP contribution in [0.5, 0.6) is 11.5 Å². The normalized spacial score (nSPS) is 12.2. The highest BCUT2D eigenvalue weighted by atomic mass is 127. The van der Waals surface area contributed by atoms with Crippen LogP contribution in [-0.2, 0) is 9.59 Å². The van der Waals surface area contributed by atoms with Gasteiger partial charge in [0.2, 0.25) is 0 Å². The fourth-order valence-electron chi connectivity index (χ4n) is 3.13. The molecule has 11 nitrogen and oxygen atoms in total. The molecule has 0 fully saturated rings. The smallest absolute Gasteiger partial charge is 0.330 e. The van der Waals surface area contributed by atoms with Crippen LogP contribution in [0.1, 0.15) is 41.2 Å². The van der Waals surface area contributed by atoms with E-state index >= 15 is 0 Å². The number of aliphatic carboxylic acids is 2. The molecule has 0 saturated heterocycles. The largest absolute Gasteiger partial charge is 0.504 e. The summed E-state index contributed by atoms with van der Waals surface area (Å²) in [5, 5.41) is 35.8. The average molecular weight is 599 g/mol. The minimum Gasteiger partial charge on any atom is -0.504 e. The van der Waals surface area contributed by atoms with Crippen LogP contribution in [0.2, 0.25) is 0 Å². The van der Waals surface area contributed by atoms with E-state index in [1.807, 2.05) is 12.1 Å². The molecule has 2 atom stereocenters. The van der Waals surface area contributed by atoms with E-state index in [0.29, 0.717) is 24.9 Å². The zero-order valence-electron chi connectivity index (χ0n) is 18.8. The number of carbonyl (C=O) groups excluding carboxylic acids is 2. The van der Waals surface area contributed by atoms with Gasteiger partial charge in [0.25, 0.3) is 5.91 Å². The summed E-state index contributed by atoms with van der Waals surface area (Å²) >= 11 is 2.14. The number of aromatic hydroxyl groups is 1. The minimum absolute atomic E-state index is 0.0217. The predicted octanol–water partition coefficient (Wildman–Crippen LogP) is 2.48. The third-order valence-corrected chi connectivity index (χ3v) is 5.69. The third-order valence-electron chi connectivity index (χ3n) is 4.97. The van der Waals surface area contributed by atoms with Crippen LogP contribution in [0.3, 0.4) is 0 Å². The summed E-state index contributed by atoms with van der Waals surface area (Å²) < 4.78 is 5.96. The van der Waals surface area contributed by atoms with Crippen molar-refractivity contribution in [3.8, 4) is 11.5 Å². The van der Waals surface area contributed by atoms with Gasteiger partial charge in [-0.15, -0.1) is 0 Å². The van der Waals surface area contributed by atoms with Crippen LogP contribution in [0, 0.1) is 3.57 Å². The van der Waals surface area contributed by atoms with Gasteiger partial charge in [-0.3, -0.25) is 4.79 Å². The second kappa shape index (κ2) is 13.4. The number of benzene rings is 2. The van der Waals surface area contributed by atoms with E-state index in [1.165, 1.54) is 25.3 Å². The number of amides is 3. The van der Waals surface area contributed by atoms with Gasteiger partial charge in [0, 0.05) is 15.7 Å². The predicted molar refractivity (Wildman–Crippen MR) is 133 cm³/mol. The number of halogens is 1. The molecule has 0 aromatic heterocycles. The summed E-state index contributed by atoms with van der Waals surface area (Å²) in [6.07, 6.45) is 0.947. The summed E-state index contributed by atoms with van der Waals surface area (Å²) in [4.78, 5) is 47.7. The third kappa shape index (κ3) is 8.63. The van der Waals surface area contributed by atoms with E-state index < -0.39 is 30.1 Å². The highest BCUT2D eigenvalue weighted by Gasteiger charge is 2.26. The molecule has 0 spiro atoms. The molecule has 1 unspecified atom stereocenters. The number of rotatable bonds is 12. The van der Waals surface area contributed by atoms with Crippen molar-refractivity contribution in [1.82, 2.24) is 16.0 Å². The number of phenols is 1. The average Bonchev–Trinajstić information content (AvgIpc) is 2.82. The van der Waals surface area contributed by atoms with Gasteiger partial charge in [-0.05, 0) is 83.8 Å². The van der Waals surface area contributed by atoms with Gasteiger partial charge >= 0.3 is 18.0 Å². The van der Waals surface area contributed by atoms with Crippen LogP contribution >= 0.6 is 22.6 Å². The van der Waals surface area contributed by atoms with E-state index in [-0.39, 0.29) is 29.4 Å². The number of methoxy groups -OCH3 is 1. The first kappa shape index (κ1) is 27.7. The molecule has 0 aliphatic rings. The van der Waals surface area contributed by atoms with Gasteiger partial charge in [0.05, 0.1) is 7.11 Å². The summed E-state index contributed by atoms with van der Waals surface area (Å²) in [5.41, 5.74) is 0.643. The highest BCUT2D eigenvalue weighted by molar-refractivity contribution is 14.1. The molecule has 2 aromatic rings. The molecule has 2 aromatic carbocycles. The van der Waals surface area contributed by atoms with Crippen LogP contribution in [-0.4, -0.2) is 58.9 Å². The van der Waals surface area contributed by atoms with Crippen LogP contribution < -0.4 is 20.7 Å². The number of unbranched alkanes of at least 4 members (excludes halogenated alkanes) is 1. The Balaban J connectivity index is 1.86. The summed E-state index contributed by atoms with van der Waals surface area (Å²) in [7, 11) is 1.29. The number of carboxylic acids is 2. The molecule has 6 N–H and O–H groups in total. The topological polar surface area (TPSA) is 174 Å². The Bertz CT molecular complexity index is 1060. The fourth-order valence-corrected chi connectivity index (χ4v) is 3.49. The lowest BCUT2D eigenvalue weighted by molar-refractivity contribution is -0.139. The number of nitrogens with one attached hydrogen (secondary N) is 3. The lowest BCUT2D eigenvalue weighted by Crippen LogP contribution is -2.48. The van der Waals surface area contributed by atoms with E-state index in [9.17, 15) is 34.5 Å². The standard InChI is InChI=1S/C23H26IN3O8/c1-35-18-12-14(7-10-17(18)28)19(22(32)33)27-23(34)26-16(21(30)31)4-2-3-11-25-20(29)13-5-8-15(24)9-6-13/h5-10,12,16,19,28H,2-4,11H2,1H3,(H,25,29)(H,30,31)(H,32,33)(H2,26,27,34)/t16-,19?/m0/s1. The molecule has 188 valence electrons. The van der Waals surface area contributed by atoms with Gasteiger partial charge in [-0.25, -0.2) is 14.4 Å². The van der Waals surface area contributed by atoms with E-state index in [1.54, 1.807) is 12.1 Å². The zero-order valence-corrected chi connectivity index (χ0v) is 20.9. The number of hydrogen-bond donors (Lipinski definition) is 6. The number of hydrogen-bond acceptors (Lipinski definition) is 6. The molecule has 0 saturated carbocycles. The van der Waals surface area contributed by atoms with Crippen molar-refractivity contribution < 1.29 is 39.2 Å². The quantitative estimate of drug-likeness (QED) is 0.159. The Hall–Kier alpha value is -3.55. The number of carbonyl (C=O) groups is 4. The maximum atomic E-state index is 12.3. The van der Waals surface area contributed by atoms with Crippen molar-refractivity contribution in [2.45, 2.75) is 31.3 Å². The van der Waals surface area contributed by atoms with Crippen LogP contribution in [0.25, 0.3) is 0 Å². The summed E-state index contributed by atoms with van der Waals surface area (Å²) in [6, 6.07) is 7.08. The van der Waals surface area contributed by atoms with Gasteiger partial charge in [0.1, 0.15) is 6.04 Å². The number of carboxylic acid groups (broad SMARTS) is 2. The summed E-state index contributed by atoms with van der Waals surface area (Å²) in [5.74, 6) is -3.08. The van der Waals surface area contributed by atoms with Gasteiger partial charge < -0.3 is 36.0 Å². The second-order valence-corrected chi connectivity index (χ2v) is 8.72. The minimum atomic E-state index is -1.50. The first-order chi connectivity index (χ1) is 16.6. The maximum Gasteiger partial charge on any atom is 0.330 e. The monoisotopic (exact) mass is 599 g/mol. The molecule has 0 radical (unpaired) electrons. The van der Waals surface area contributed by atoms with Crippen molar-refractivity contribution >= 4 is 46.5 Å². The van der Waals surface area contributed by atoms with Crippen molar-refractivity contribution in [2.75, 3.05) is 13.7 Å². The molecule has 0 aliphatic heterocycles. The van der Waals surface area contributed by atoms with Crippen LogP contribution in [0.4, 0.5) is 4.79 Å². The Morgan fingerprint density at radius 3 is 2.26 bits per heavy atom. The first-order valence-corrected chi connectivity index (χ1v) is 11.6. The molecule has 35 heavy (non-hydrogen) atoms. The Morgan fingerprint density at radius 1 is 0.971 bits per heavy atom. The zero-order chi connectivity index (χ0) is 26.0. The van der Waals surface area contributed by atoms with E-state index in [4.69, 9.17) is 4.74 Å².